The third kappa shape index (κ3) is 4.40. The lowest BCUT2D eigenvalue weighted by atomic mass is 9.91. The summed E-state index contributed by atoms with van der Waals surface area (Å²) in [5.74, 6) is -3.32. The van der Waals surface area contributed by atoms with Crippen molar-refractivity contribution in [3.05, 3.63) is 30.0 Å². The second-order valence-electron chi connectivity index (χ2n) is 10.5. The molecule has 10 nitrogen and oxygen atoms in total. The van der Waals surface area contributed by atoms with E-state index in [4.69, 9.17) is 4.74 Å². The van der Waals surface area contributed by atoms with Gasteiger partial charge in [0.25, 0.3) is 12.3 Å². The van der Waals surface area contributed by atoms with E-state index in [2.05, 4.69) is 30.7 Å². The highest BCUT2D eigenvalue weighted by molar-refractivity contribution is 5.89. The molecule has 0 aliphatic carbocycles. The van der Waals surface area contributed by atoms with Crippen molar-refractivity contribution in [1.82, 2.24) is 34.0 Å². The molecule has 0 amide bonds. The van der Waals surface area contributed by atoms with Crippen LogP contribution in [-0.4, -0.2) is 91.3 Å². The van der Waals surface area contributed by atoms with Crippen molar-refractivity contribution in [2.45, 2.75) is 50.7 Å². The second-order valence-corrected chi connectivity index (χ2v) is 10.5. The topological polar surface area (TPSA) is 97.4 Å². The molecule has 214 valence electrons. The summed E-state index contributed by atoms with van der Waals surface area (Å²) in [6, 6.07) is 1.89. The number of piperidine rings is 1. The van der Waals surface area contributed by atoms with Crippen molar-refractivity contribution in [2.75, 3.05) is 44.0 Å². The van der Waals surface area contributed by atoms with Crippen LogP contribution in [-0.2, 0) is 11.3 Å². The molecule has 6 heterocycles. The first kappa shape index (κ1) is 26.6. The number of rotatable bonds is 7. The molecule has 0 unspecified atom stereocenters. The van der Waals surface area contributed by atoms with Gasteiger partial charge < -0.3 is 19.9 Å². The van der Waals surface area contributed by atoms with E-state index in [1.807, 2.05) is 6.92 Å². The SMILES string of the molecule is CNc1nc(N[C@@H]2CCN(C3(C)COC3)CC2(F)F)nn2cc(F)c(-c3ccc4nc(C)n(CC(F)F)c4n3)c12. The molecule has 0 saturated carbocycles. The Labute approximate surface area is 225 Å². The molecule has 15 heteroatoms. The van der Waals surface area contributed by atoms with E-state index in [1.165, 1.54) is 15.1 Å². The summed E-state index contributed by atoms with van der Waals surface area (Å²) in [6.07, 6.45) is -1.37. The number of imidazole rings is 1. The molecule has 2 saturated heterocycles. The predicted octanol–water partition coefficient (Wildman–Crippen LogP) is 3.81. The van der Waals surface area contributed by atoms with Crippen molar-refractivity contribution in [2.24, 2.45) is 0 Å². The summed E-state index contributed by atoms with van der Waals surface area (Å²) >= 11 is 0. The van der Waals surface area contributed by atoms with Gasteiger partial charge in [-0.3, -0.25) is 4.90 Å². The maximum absolute atomic E-state index is 15.4. The van der Waals surface area contributed by atoms with Crippen LogP contribution in [0.15, 0.2) is 18.3 Å². The zero-order valence-electron chi connectivity index (χ0n) is 22.1. The number of nitrogens with zero attached hydrogens (tertiary/aromatic N) is 7. The van der Waals surface area contributed by atoms with Crippen LogP contribution in [0.5, 0.6) is 0 Å². The number of aryl methyl sites for hydroxylation is 1. The van der Waals surface area contributed by atoms with Crippen molar-refractivity contribution in [3.63, 3.8) is 0 Å². The molecule has 4 aromatic rings. The van der Waals surface area contributed by atoms with Crippen LogP contribution in [0.1, 0.15) is 19.2 Å². The van der Waals surface area contributed by atoms with Crippen molar-refractivity contribution < 1.29 is 26.7 Å². The largest absolute Gasteiger partial charge is 0.377 e. The molecule has 2 fully saturated rings. The van der Waals surface area contributed by atoms with Gasteiger partial charge in [0, 0.05) is 13.6 Å². The molecule has 0 bridgehead atoms. The molecule has 0 aromatic carbocycles. The first-order valence-corrected chi connectivity index (χ1v) is 12.9. The van der Waals surface area contributed by atoms with Gasteiger partial charge >= 0.3 is 0 Å². The van der Waals surface area contributed by atoms with Gasteiger partial charge in [-0.2, -0.15) is 4.98 Å². The number of nitrogens with one attached hydrogen (secondary N) is 2. The number of hydrogen-bond acceptors (Lipinski definition) is 8. The average Bonchev–Trinajstić information content (AvgIpc) is 3.37. The molecule has 2 aliphatic rings. The average molecular weight is 566 g/mol. The van der Waals surface area contributed by atoms with E-state index in [0.29, 0.717) is 31.1 Å². The zero-order chi connectivity index (χ0) is 28.4. The minimum absolute atomic E-state index is 0.0369. The summed E-state index contributed by atoms with van der Waals surface area (Å²) in [4.78, 5) is 14.8. The van der Waals surface area contributed by atoms with Gasteiger partial charge in [0.05, 0.1) is 55.3 Å². The summed E-state index contributed by atoms with van der Waals surface area (Å²) in [5, 5.41) is 9.91. The number of halogens is 5. The summed E-state index contributed by atoms with van der Waals surface area (Å²) in [7, 11) is 1.56. The van der Waals surface area contributed by atoms with Crippen LogP contribution >= 0.6 is 0 Å². The van der Waals surface area contributed by atoms with E-state index < -0.39 is 42.8 Å². The highest BCUT2D eigenvalue weighted by Gasteiger charge is 2.51. The molecule has 4 aromatic heterocycles. The fourth-order valence-electron chi connectivity index (χ4n) is 5.46. The van der Waals surface area contributed by atoms with Gasteiger partial charge in [-0.05, 0) is 32.4 Å². The normalized spacial score (nSPS) is 20.8. The van der Waals surface area contributed by atoms with E-state index in [9.17, 15) is 8.78 Å². The standard InChI is InChI=1S/C25H28F5N9O/c1-13-32-16-5-4-15(33-22(16)38(13)9-18(27)28)19-14(26)8-39-20(19)21(31-3)35-23(36-39)34-17-6-7-37(10-25(17,29)30)24(2)11-40-12-24/h4-5,8,17-18H,6-7,9-12H2,1-3H3,(H2,31,34,35,36)/t17-/m1/s1. The molecular formula is C25H28F5N9O. The fourth-order valence-corrected chi connectivity index (χ4v) is 5.46. The first-order valence-electron chi connectivity index (χ1n) is 12.9. The third-order valence-electron chi connectivity index (χ3n) is 7.67. The Hall–Kier alpha value is -3.59. The monoisotopic (exact) mass is 565 g/mol. The summed E-state index contributed by atoms with van der Waals surface area (Å²) in [5.41, 5.74) is 0.609. The first-order chi connectivity index (χ1) is 19.0. The van der Waals surface area contributed by atoms with E-state index in [1.54, 1.807) is 24.9 Å². The minimum atomic E-state index is -3.07. The number of aromatic nitrogens is 6. The molecule has 40 heavy (non-hydrogen) atoms. The fraction of sp³-hybridized carbons (Fsp3) is 0.520. The minimum Gasteiger partial charge on any atom is -0.377 e. The van der Waals surface area contributed by atoms with Gasteiger partial charge in [-0.1, -0.05) is 0 Å². The molecule has 0 spiro atoms. The molecule has 2 aliphatic heterocycles. The second kappa shape index (κ2) is 9.51. The number of likely N-dealkylation sites (tertiary alicyclic amines) is 1. The predicted molar refractivity (Wildman–Crippen MR) is 138 cm³/mol. The Bertz CT molecular complexity index is 1580. The Morgan fingerprint density at radius 3 is 2.60 bits per heavy atom. The van der Waals surface area contributed by atoms with Crippen LogP contribution in [0.25, 0.3) is 27.9 Å². The number of hydrogen-bond donors (Lipinski definition) is 2. The number of ether oxygens (including phenoxy) is 1. The molecule has 2 N–H and O–H groups in total. The van der Waals surface area contributed by atoms with Crippen molar-refractivity contribution in [1.29, 1.82) is 0 Å². The highest BCUT2D eigenvalue weighted by Crippen LogP contribution is 2.37. The third-order valence-corrected chi connectivity index (χ3v) is 7.67. The summed E-state index contributed by atoms with van der Waals surface area (Å²) in [6.45, 7) is 3.77. The van der Waals surface area contributed by atoms with Crippen LogP contribution < -0.4 is 10.6 Å². The Balaban J connectivity index is 1.34. The van der Waals surface area contributed by atoms with Gasteiger partial charge in [0.2, 0.25) is 5.95 Å². The number of anilines is 2. The lowest BCUT2D eigenvalue weighted by Gasteiger charge is -2.51. The van der Waals surface area contributed by atoms with Gasteiger partial charge in [0.1, 0.15) is 16.9 Å². The number of fused-ring (bicyclic) bond motifs is 2. The van der Waals surface area contributed by atoms with Crippen LogP contribution in [0.4, 0.5) is 33.7 Å². The van der Waals surface area contributed by atoms with E-state index in [-0.39, 0.29) is 40.6 Å². The van der Waals surface area contributed by atoms with Gasteiger partial charge in [0.15, 0.2) is 17.3 Å². The Kier molecular flexibility index (Phi) is 6.33. The maximum atomic E-state index is 15.4. The molecule has 6 rings (SSSR count). The van der Waals surface area contributed by atoms with Crippen LogP contribution in [0.2, 0.25) is 0 Å². The van der Waals surface area contributed by atoms with Crippen molar-refractivity contribution in [3.8, 4) is 11.3 Å². The lowest BCUT2D eigenvalue weighted by molar-refractivity contribution is -0.174. The highest BCUT2D eigenvalue weighted by atomic mass is 19.3. The van der Waals surface area contributed by atoms with E-state index >= 15 is 13.2 Å². The number of alkyl halides is 4. The quantitative estimate of drug-likeness (QED) is 0.327. The van der Waals surface area contributed by atoms with E-state index in [0.717, 1.165) is 6.20 Å². The Morgan fingerprint density at radius 1 is 1.18 bits per heavy atom. The Morgan fingerprint density at radius 2 is 1.95 bits per heavy atom. The lowest BCUT2D eigenvalue weighted by Crippen LogP contribution is -2.67. The van der Waals surface area contributed by atoms with Gasteiger partial charge in [-0.25, -0.2) is 36.4 Å². The smallest absolute Gasteiger partial charge is 0.280 e. The molecular weight excluding hydrogens is 537 g/mol. The van der Waals surface area contributed by atoms with Gasteiger partial charge in [-0.15, -0.1) is 5.10 Å². The molecule has 0 radical (unpaired) electrons. The van der Waals surface area contributed by atoms with Crippen molar-refractivity contribution >= 4 is 28.4 Å². The zero-order valence-corrected chi connectivity index (χ0v) is 22.1. The van der Waals surface area contributed by atoms with Crippen LogP contribution in [0, 0.1) is 12.7 Å². The maximum Gasteiger partial charge on any atom is 0.280 e. The summed E-state index contributed by atoms with van der Waals surface area (Å²) < 4.78 is 79.8. The van der Waals surface area contributed by atoms with Crippen LogP contribution in [0.3, 0.4) is 0 Å². The molecule has 1 atom stereocenters. The number of pyridine rings is 1.